The molecule has 0 aliphatic carbocycles. The van der Waals surface area contributed by atoms with E-state index in [-0.39, 0.29) is 0 Å². The van der Waals surface area contributed by atoms with Crippen molar-refractivity contribution < 1.29 is 15.3 Å². The Morgan fingerprint density at radius 2 is 1.30 bits per heavy atom. The number of nitrogens with one attached hydrogen (secondary N) is 2. The minimum atomic E-state index is -0.731. The van der Waals surface area contributed by atoms with Gasteiger partial charge in [0, 0.05) is 0 Å². The third kappa shape index (κ3) is 14.5. The summed E-state index contributed by atoms with van der Waals surface area (Å²) < 4.78 is 0. The Labute approximate surface area is 127 Å². The fourth-order valence-corrected chi connectivity index (χ4v) is 2.05. The van der Waals surface area contributed by atoms with Crippen molar-refractivity contribution in [2.45, 2.75) is 63.6 Å². The van der Waals surface area contributed by atoms with Crippen molar-refractivity contribution in [3.05, 3.63) is 0 Å². The lowest BCUT2D eigenvalue weighted by molar-refractivity contribution is 0.119. The first-order valence-electron chi connectivity index (χ1n) is 7.43. The zero-order chi connectivity index (χ0) is 15.2. The van der Waals surface area contributed by atoms with Gasteiger partial charge in [0.1, 0.15) is 18.7 Å². The first-order valence-corrected chi connectivity index (χ1v) is 8.07. The van der Waals surface area contributed by atoms with E-state index in [0.717, 1.165) is 38.8 Å². The lowest BCUT2D eigenvalue weighted by Crippen LogP contribution is -2.31. The monoisotopic (exact) mass is 309 g/mol. The lowest BCUT2D eigenvalue weighted by atomic mass is 10.2. The molecule has 0 aromatic heterocycles. The summed E-state index contributed by atoms with van der Waals surface area (Å²) in [6.07, 6.45) is 3.80. The van der Waals surface area contributed by atoms with E-state index < -0.39 is 18.7 Å². The highest BCUT2D eigenvalue weighted by Gasteiger charge is 2.04. The van der Waals surface area contributed by atoms with Crippen LogP contribution >= 0.6 is 12.6 Å². The van der Waals surface area contributed by atoms with Gasteiger partial charge in [-0.3, -0.25) is 10.6 Å². The molecule has 0 aromatic rings. The van der Waals surface area contributed by atoms with Gasteiger partial charge in [-0.1, -0.05) is 0 Å². The van der Waals surface area contributed by atoms with Gasteiger partial charge in [-0.15, -0.1) is 0 Å². The smallest absolute Gasteiger partial charge is 0.105 e. The second-order valence-corrected chi connectivity index (χ2v) is 5.46. The average molecular weight is 309 g/mol. The molecule has 122 valence electrons. The molecule has 0 saturated carbocycles. The summed E-state index contributed by atoms with van der Waals surface area (Å²) in [7, 11) is 0. The third-order valence-corrected chi connectivity index (χ3v) is 3.25. The first-order chi connectivity index (χ1) is 9.56. The van der Waals surface area contributed by atoms with Crippen LogP contribution in [0, 0.1) is 0 Å². The first kappa shape index (κ1) is 20.1. The van der Waals surface area contributed by atoms with Gasteiger partial charge in [-0.2, -0.15) is 12.6 Å². The van der Waals surface area contributed by atoms with E-state index in [4.69, 9.17) is 10.8 Å². The molecule has 0 aliphatic rings. The van der Waals surface area contributed by atoms with E-state index in [1.165, 1.54) is 0 Å². The lowest BCUT2D eigenvalue weighted by Gasteiger charge is -2.14. The van der Waals surface area contributed by atoms with E-state index in [9.17, 15) is 10.2 Å². The summed E-state index contributed by atoms with van der Waals surface area (Å²) in [5, 5.41) is 34.0. The molecule has 6 nitrogen and oxygen atoms in total. The minimum absolute atomic E-state index is 0.478. The number of aliphatic hydroxyl groups excluding tert-OH is 3. The summed E-state index contributed by atoms with van der Waals surface area (Å²) >= 11 is 4.05. The largest absolute Gasteiger partial charge is 0.379 e. The highest BCUT2D eigenvalue weighted by molar-refractivity contribution is 7.80. The van der Waals surface area contributed by atoms with Crippen LogP contribution < -0.4 is 16.4 Å². The van der Waals surface area contributed by atoms with Crippen molar-refractivity contribution in [1.29, 1.82) is 0 Å². The quantitative estimate of drug-likeness (QED) is 0.135. The predicted octanol–water partition coefficient (Wildman–Crippen LogP) is -0.260. The van der Waals surface area contributed by atoms with Gasteiger partial charge < -0.3 is 21.1 Å². The zero-order valence-electron chi connectivity index (χ0n) is 12.2. The molecule has 0 aromatic carbocycles. The molecular formula is C13H31N3O3S. The molecule has 0 saturated heterocycles. The van der Waals surface area contributed by atoms with Gasteiger partial charge in [0.2, 0.25) is 0 Å². The van der Waals surface area contributed by atoms with Crippen molar-refractivity contribution in [2.75, 3.05) is 18.8 Å². The van der Waals surface area contributed by atoms with E-state index in [2.05, 4.69) is 23.3 Å². The predicted molar refractivity (Wildman–Crippen MR) is 84.4 cm³/mol. The van der Waals surface area contributed by atoms with Crippen LogP contribution in [-0.4, -0.2) is 52.8 Å². The van der Waals surface area contributed by atoms with Crippen LogP contribution in [-0.2, 0) is 0 Å². The maximum Gasteiger partial charge on any atom is 0.105 e. The molecule has 0 aliphatic heterocycles. The molecule has 0 rings (SSSR count). The van der Waals surface area contributed by atoms with Gasteiger partial charge >= 0.3 is 0 Å². The molecule has 20 heavy (non-hydrogen) atoms. The zero-order valence-corrected chi connectivity index (χ0v) is 13.1. The maximum absolute atomic E-state index is 9.69. The maximum atomic E-state index is 9.69. The fourth-order valence-electron chi connectivity index (χ4n) is 1.80. The van der Waals surface area contributed by atoms with Crippen molar-refractivity contribution >= 4 is 12.6 Å². The van der Waals surface area contributed by atoms with Crippen molar-refractivity contribution in [3.63, 3.8) is 0 Å². The topological polar surface area (TPSA) is 111 Å². The van der Waals surface area contributed by atoms with Crippen LogP contribution in [0.4, 0.5) is 0 Å². The van der Waals surface area contributed by atoms with Gasteiger partial charge in [-0.25, -0.2) is 0 Å². The number of hydrogen-bond donors (Lipinski definition) is 7. The van der Waals surface area contributed by atoms with Gasteiger partial charge in [-0.05, 0) is 63.8 Å². The Morgan fingerprint density at radius 1 is 0.800 bits per heavy atom. The Bertz CT molecular complexity index is 211. The molecule has 0 fully saturated rings. The molecule has 0 bridgehead atoms. The van der Waals surface area contributed by atoms with Crippen LogP contribution in [0.2, 0.25) is 0 Å². The minimum Gasteiger partial charge on any atom is -0.379 e. The second-order valence-electron chi connectivity index (χ2n) is 5.01. The third-order valence-electron chi connectivity index (χ3n) is 2.99. The van der Waals surface area contributed by atoms with Crippen LogP contribution in [0.25, 0.3) is 0 Å². The molecule has 0 radical (unpaired) electrons. The Balaban J connectivity index is 3.26. The normalized spacial score (nSPS) is 16.1. The van der Waals surface area contributed by atoms with Gasteiger partial charge in [0.05, 0.1) is 0 Å². The SMILES string of the molecule is NC(O)CCCCNC(O)CCCCNC(O)CCS. The molecule has 0 heterocycles. The number of thiol groups is 1. The molecule has 0 amide bonds. The van der Waals surface area contributed by atoms with Gasteiger partial charge in [0.15, 0.2) is 0 Å². The van der Waals surface area contributed by atoms with E-state index in [1.807, 2.05) is 0 Å². The van der Waals surface area contributed by atoms with Crippen LogP contribution in [0.3, 0.4) is 0 Å². The summed E-state index contributed by atoms with van der Waals surface area (Å²) in [4.78, 5) is 0. The Morgan fingerprint density at radius 3 is 1.80 bits per heavy atom. The molecule has 3 atom stereocenters. The van der Waals surface area contributed by atoms with Crippen LogP contribution in [0.5, 0.6) is 0 Å². The Kier molecular flexibility index (Phi) is 14.1. The van der Waals surface area contributed by atoms with Crippen molar-refractivity contribution in [2.24, 2.45) is 5.73 Å². The van der Waals surface area contributed by atoms with E-state index in [0.29, 0.717) is 25.0 Å². The standard InChI is InChI=1S/C13H31N3O3S/c14-11(17)5-1-3-8-15-12(18)6-2-4-9-16-13(19)7-10-20/h11-13,15-20H,1-10,14H2. The number of nitrogens with two attached hydrogens (primary N) is 1. The fraction of sp³-hybridized carbons (Fsp3) is 1.00. The Hall–Kier alpha value is 0.110. The second kappa shape index (κ2) is 14.1. The molecule has 7 heteroatoms. The summed E-state index contributed by atoms with van der Waals surface area (Å²) in [5.74, 6) is 0.665. The molecule has 7 N–H and O–H groups in total. The average Bonchev–Trinajstić information content (AvgIpc) is 2.38. The number of rotatable bonds is 14. The number of hydrogen-bond acceptors (Lipinski definition) is 7. The van der Waals surface area contributed by atoms with E-state index in [1.54, 1.807) is 0 Å². The van der Waals surface area contributed by atoms with Crippen LogP contribution in [0.1, 0.15) is 44.9 Å². The number of unbranched alkanes of at least 4 members (excludes halogenated alkanes) is 2. The number of aliphatic hydroxyl groups is 3. The van der Waals surface area contributed by atoms with Crippen LogP contribution in [0.15, 0.2) is 0 Å². The van der Waals surface area contributed by atoms with Crippen molar-refractivity contribution in [1.82, 2.24) is 10.6 Å². The van der Waals surface area contributed by atoms with E-state index >= 15 is 0 Å². The summed E-state index contributed by atoms with van der Waals surface area (Å²) in [6, 6.07) is 0. The molecule has 3 unspecified atom stereocenters. The summed E-state index contributed by atoms with van der Waals surface area (Å²) in [6.45, 7) is 1.48. The highest BCUT2D eigenvalue weighted by Crippen LogP contribution is 2.00. The van der Waals surface area contributed by atoms with Crippen molar-refractivity contribution in [3.8, 4) is 0 Å². The molecular weight excluding hydrogens is 278 g/mol. The highest BCUT2D eigenvalue weighted by atomic mass is 32.1. The van der Waals surface area contributed by atoms with Gasteiger partial charge in [0.25, 0.3) is 0 Å². The molecule has 0 spiro atoms. The summed E-state index contributed by atoms with van der Waals surface area (Å²) in [5.41, 5.74) is 5.23.